The summed E-state index contributed by atoms with van der Waals surface area (Å²) in [6, 6.07) is 0. The number of thiophene rings is 1. The molecule has 1 saturated carbocycles. The molecular formula is C20H20N4O5S. The molecule has 0 radical (unpaired) electrons. The van der Waals surface area contributed by atoms with Gasteiger partial charge in [-0.15, -0.1) is 11.3 Å². The summed E-state index contributed by atoms with van der Waals surface area (Å²) in [6.45, 7) is 2.71. The van der Waals surface area contributed by atoms with Gasteiger partial charge in [0.1, 0.15) is 11.3 Å². The van der Waals surface area contributed by atoms with Crippen LogP contribution in [0, 0.1) is 6.92 Å². The molecule has 5 rings (SSSR count). The molecule has 1 fully saturated rings. The number of fused-ring (bicyclic) bond motifs is 1. The highest BCUT2D eigenvalue weighted by atomic mass is 32.1. The summed E-state index contributed by atoms with van der Waals surface area (Å²) in [5.41, 5.74) is 2.24. The van der Waals surface area contributed by atoms with Gasteiger partial charge in [-0.05, 0) is 31.7 Å². The summed E-state index contributed by atoms with van der Waals surface area (Å²) in [6.07, 6.45) is 2.86. The van der Waals surface area contributed by atoms with Crippen LogP contribution in [0.15, 0.2) is 4.52 Å². The molecule has 2 aliphatic rings. The number of Topliss-reactive ketones (excluding diaryl/α,β-unsaturated/α-hetero) is 1. The van der Waals surface area contributed by atoms with E-state index in [9.17, 15) is 14.7 Å². The number of hydrogen-bond acceptors (Lipinski definition) is 8. The standard InChI is InChI=1S/C20H20N4O5S/c1-9-15(20(26)27)17(22-24(9)2)12(25)7-13-16(11-5-6-28-8-14(11)30-13)19-21-18(23-29-19)10-3-4-10/h10H,3-8H2,1-2H3,(H,26,27). The molecule has 3 aromatic rings. The Balaban J connectivity index is 1.54. The van der Waals surface area contributed by atoms with Crippen molar-refractivity contribution >= 4 is 23.1 Å². The largest absolute Gasteiger partial charge is 0.478 e. The second kappa shape index (κ2) is 7.13. The van der Waals surface area contributed by atoms with Crippen LogP contribution in [0.1, 0.15) is 66.4 Å². The summed E-state index contributed by atoms with van der Waals surface area (Å²) in [4.78, 5) is 31.2. The van der Waals surface area contributed by atoms with Gasteiger partial charge in [0.2, 0.25) is 0 Å². The topological polar surface area (TPSA) is 120 Å². The predicted molar refractivity (Wildman–Crippen MR) is 106 cm³/mol. The van der Waals surface area contributed by atoms with Crippen molar-refractivity contribution in [3.8, 4) is 11.5 Å². The van der Waals surface area contributed by atoms with Gasteiger partial charge in [0.05, 0.1) is 24.5 Å². The lowest BCUT2D eigenvalue weighted by molar-refractivity contribution is 0.0691. The van der Waals surface area contributed by atoms with Crippen LogP contribution < -0.4 is 0 Å². The highest BCUT2D eigenvalue weighted by molar-refractivity contribution is 7.12. The molecule has 30 heavy (non-hydrogen) atoms. The molecule has 0 bridgehead atoms. The summed E-state index contributed by atoms with van der Waals surface area (Å²) in [5.74, 6) is -0.00891. The first kappa shape index (κ1) is 19.1. The van der Waals surface area contributed by atoms with E-state index < -0.39 is 5.97 Å². The minimum absolute atomic E-state index is 0.0187. The number of carbonyl (C=O) groups is 2. The molecule has 156 valence electrons. The second-order valence-corrected chi connectivity index (χ2v) is 8.86. The predicted octanol–water partition coefficient (Wildman–Crippen LogP) is 2.91. The average molecular weight is 428 g/mol. The Morgan fingerprint density at radius 3 is 2.87 bits per heavy atom. The first-order chi connectivity index (χ1) is 14.4. The molecular weight excluding hydrogens is 408 g/mol. The lowest BCUT2D eigenvalue weighted by Gasteiger charge is -2.12. The summed E-state index contributed by atoms with van der Waals surface area (Å²) >= 11 is 1.48. The maximum atomic E-state index is 13.1. The lowest BCUT2D eigenvalue weighted by Crippen LogP contribution is -2.11. The van der Waals surface area contributed by atoms with Gasteiger partial charge in [0, 0.05) is 29.1 Å². The Bertz CT molecular complexity index is 1170. The van der Waals surface area contributed by atoms with E-state index in [4.69, 9.17) is 9.26 Å². The number of aromatic carboxylic acids is 1. The van der Waals surface area contributed by atoms with Gasteiger partial charge < -0.3 is 14.4 Å². The number of ketones is 1. The Kier molecular flexibility index (Phi) is 4.55. The van der Waals surface area contributed by atoms with Crippen LogP contribution in [0.5, 0.6) is 0 Å². The van der Waals surface area contributed by atoms with E-state index >= 15 is 0 Å². The maximum Gasteiger partial charge on any atom is 0.339 e. The van der Waals surface area contributed by atoms with E-state index in [0.29, 0.717) is 43.0 Å². The minimum atomic E-state index is -1.16. The van der Waals surface area contributed by atoms with E-state index in [2.05, 4.69) is 15.2 Å². The Morgan fingerprint density at radius 1 is 1.33 bits per heavy atom. The third kappa shape index (κ3) is 3.16. The first-order valence-corrected chi connectivity index (χ1v) is 10.6. The number of rotatable bonds is 6. The van der Waals surface area contributed by atoms with Crippen LogP contribution in [-0.4, -0.2) is 43.4 Å². The summed E-state index contributed by atoms with van der Waals surface area (Å²) < 4.78 is 12.6. The van der Waals surface area contributed by atoms with Crippen molar-refractivity contribution in [2.75, 3.05) is 6.61 Å². The van der Waals surface area contributed by atoms with Crippen LogP contribution in [0.4, 0.5) is 0 Å². The quantitative estimate of drug-likeness (QED) is 0.595. The Morgan fingerprint density at radius 2 is 2.13 bits per heavy atom. The number of ether oxygens (including phenoxy) is 1. The van der Waals surface area contributed by atoms with Gasteiger partial charge in [-0.1, -0.05) is 5.16 Å². The monoisotopic (exact) mass is 428 g/mol. The smallest absolute Gasteiger partial charge is 0.339 e. The Hall–Kier alpha value is -2.85. The molecule has 0 atom stereocenters. The van der Waals surface area contributed by atoms with Crippen molar-refractivity contribution in [2.45, 2.75) is 45.1 Å². The molecule has 1 aliphatic carbocycles. The number of carboxylic acids is 1. The molecule has 0 spiro atoms. The SMILES string of the molecule is Cc1c(C(=O)O)c(C(=O)Cc2sc3c(c2-c2nc(C4CC4)no2)CCOC3)nn1C. The number of aryl methyl sites for hydroxylation is 1. The lowest BCUT2D eigenvalue weighted by atomic mass is 10.0. The van der Waals surface area contributed by atoms with Crippen molar-refractivity contribution < 1.29 is 24.0 Å². The van der Waals surface area contributed by atoms with E-state index in [1.165, 1.54) is 16.0 Å². The Labute approximate surface area is 175 Å². The van der Waals surface area contributed by atoms with Crippen LogP contribution in [0.3, 0.4) is 0 Å². The highest BCUT2D eigenvalue weighted by Gasteiger charge is 2.33. The van der Waals surface area contributed by atoms with Gasteiger partial charge in [0.15, 0.2) is 11.6 Å². The number of carbonyl (C=O) groups excluding carboxylic acids is 1. The molecule has 0 saturated heterocycles. The fourth-order valence-electron chi connectivity index (χ4n) is 3.79. The maximum absolute atomic E-state index is 13.1. The van der Waals surface area contributed by atoms with Crippen LogP contribution in [-0.2, 0) is 31.2 Å². The van der Waals surface area contributed by atoms with Gasteiger partial charge in [-0.2, -0.15) is 10.1 Å². The zero-order valence-corrected chi connectivity index (χ0v) is 17.4. The zero-order chi connectivity index (χ0) is 21.0. The number of carboxylic acid groups (broad SMARTS) is 1. The van der Waals surface area contributed by atoms with Gasteiger partial charge >= 0.3 is 5.97 Å². The molecule has 9 nitrogen and oxygen atoms in total. The van der Waals surface area contributed by atoms with Crippen molar-refractivity contribution in [1.29, 1.82) is 0 Å². The summed E-state index contributed by atoms with van der Waals surface area (Å²) in [7, 11) is 1.63. The van der Waals surface area contributed by atoms with E-state index in [0.717, 1.165) is 33.7 Å². The average Bonchev–Trinajstić information content (AvgIpc) is 3.21. The normalized spacial score (nSPS) is 15.9. The highest BCUT2D eigenvalue weighted by Crippen LogP contribution is 2.42. The van der Waals surface area contributed by atoms with E-state index in [1.807, 2.05) is 0 Å². The minimum Gasteiger partial charge on any atom is -0.478 e. The first-order valence-electron chi connectivity index (χ1n) is 9.79. The molecule has 10 heteroatoms. The fraction of sp³-hybridized carbons (Fsp3) is 0.450. The second-order valence-electron chi connectivity index (χ2n) is 7.67. The molecule has 1 N–H and O–H groups in total. The van der Waals surface area contributed by atoms with Crippen molar-refractivity contribution in [3.63, 3.8) is 0 Å². The molecule has 1 aliphatic heterocycles. The van der Waals surface area contributed by atoms with Crippen molar-refractivity contribution in [1.82, 2.24) is 19.9 Å². The third-order valence-corrected chi connectivity index (χ3v) is 6.83. The van der Waals surface area contributed by atoms with Gasteiger partial charge in [-0.25, -0.2) is 4.79 Å². The number of hydrogen-bond donors (Lipinski definition) is 1. The van der Waals surface area contributed by atoms with E-state index in [1.54, 1.807) is 14.0 Å². The van der Waals surface area contributed by atoms with Crippen molar-refractivity contribution in [2.24, 2.45) is 7.05 Å². The van der Waals surface area contributed by atoms with Gasteiger partial charge in [-0.3, -0.25) is 9.48 Å². The zero-order valence-electron chi connectivity index (χ0n) is 16.6. The third-order valence-electron chi connectivity index (χ3n) is 5.62. The molecule has 0 unspecified atom stereocenters. The molecule has 0 amide bonds. The fourth-order valence-corrected chi connectivity index (χ4v) is 5.08. The van der Waals surface area contributed by atoms with Crippen molar-refractivity contribution in [3.05, 3.63) is 38.1 Å². The van der Waals surface area contributed by atoms with Crippen LogP contribution in [0.2, 0.25) is 0 Å². The summed E-state index contributed by atoms with van der Waals surface area (Å²) in [5, 5.41) is 17.8. The number of nitrogens with zero attached hydrogens (tertiary/aromatic N) is 4. The molecule has 0 aromatic carbocycles. The van der Waals surface area contributed by atoms with Crippen LogP contribution >= 0.6 is 11.3 Å². The van der Waals surface area contributed by atoms with Crippen LogP contribution in [0.25, 0.3) is 11.5 Å². The number of aromatic nitrogens is 4. The molecule has 3 aromatic heterocycles. The van der Waals surface area contributed by atoms with E-state index in [-0.39, 0.29) is 23.5 Å². The van der Waals surface area contributed by atoms with Gasteiger partial charge in [0.25, 0.3) is 5.89 Å². The molecule has 4 heterocycles.